The van der Waals surface area contributed by atoms with Crippen molar-refractivity contribution in [3.05, 3.63) is 52.3 Å². The molecule has 5 nitrogen and oxygen atoms in total. The van der Waals surface area contributed by atoms with E-state index in [1.165, 1.54) is 0 Å². The van der Waals surface area contributed by atoms with Crippen molar-refractivity contribution in [1.82, 2.24) is 4.57 Å². The molecule has 3 rings (SSSR count). The SMILES string of the molecule is CCCC1C(=O)Oc2c(C)c(C(=O)c3ccc(C#N)cc3)n(C)c21. The van der Waals surface area contributed by atoms with E-state index in [0.29, 0.717) is 34.6 Å². The second kappa shape index (κ2) is 5.97. The van der Waals surface area contributed by atoms with E-state index in [1.54, 1.807) is 42.8 Å². The van der Waals surface area contributed by atoms with Crippen LogP contribution in [0.1, 0.15) is 58.6 Å². The lowest BCUT2D eigenvalue weighted by Crippen LogP contribution is -2.17. The number of carbonyl (C=O) groups is 2. The number of benzene rings is 1. The Morgan fingerprint density at radius 3 is 2.58 bits per heavy atom. The van der Waals surface area contributed by atoms with Crippen LogP contribution in [0.5, 0.6) is 5.75 Å². The first kappa shape index (κ1) is 16.0. The lowest BCUT2D eigenvalue weighted by molar-refractivity contribution is -0.134. The van der Waals surface area contributed by atoms with Gasteiger partial charge < -0.3 is 9.30 Å². The summed E-state index contributed by atoms with van der Waals surface area (Å²) in [6.45, 7) is 3.82. The summed E-state index contributed by atoms with van der Waals surface area (Å²) >= 11 is 0. The highest BCUT2D eigenvalue weighted by Crippen LogP contribution is 2.43. The Hall–Kier alpha value is -2.87. The van der Waals surface area contributed by atoms with Crippen LogP contribution in [0.4, 0.5) is 0 Å². The van der Waals surface area contributed by atoms with Crippen LogP contribution >= 0.6 is 0 Å². The molecule has 0 N–H and O–H groups in total. The lowest BCUT2D eigenvalue weighted by Gasteiger charge is -2.11. The Kier molecular flexibility index (Phi) is 3.98. The molecule has 1 atom stereocenters. The van der Waals surface area contributed by atoms with Crippen LogP contribution in [0.3, 0.4) is 0 Å². The molecule has 1 aliphatic rings. The zero-order valence-electron chi connectivity index (χ0n) is 13.9. The van der Waals surface area contributed by atoms with Gasteiger partial charge in [0.15, 0.2) is 5.75 Å². The van der Waals surface area contributed by atoms with Crippen molar-refractivity contribution in [2.45, 2.75) is 32.6 Å². The van der Waals surface area contributed by atoms with Gasteiger partial charge in [-0.25, -0.2) is 0 Å². The van der Waals surface area contributed by atoms with E-state index in [4.69, 9.17) is 10.00 Å². The van der Waals surface area contributed by atoms with Crippen molar-refractivity contribution >= 4 is 11.8 Å². The summed E-state index contributed by atoms with van der Waals surface area (Å²) < 4.78 is 7.22. The molecule has 0 saturated heterocycles. The molecule has 1 aromatic carbocycles. The Balaban J connectivity index is 2.06. The number of carbonyl (C=O) groups excluding carboxylic acids is 2. The second-order valence-corrected chi connectivity index (χ2v) is 6.03. The van der Waals surface area contributed by atoms with E-state index in [0.717, 1.165) is 12.1 Å². The van der Waals surface area contributed by atoms with Crippen LogP contribution in [-0.4, -0.2) is 16.3 Å². The van der Waals surface area contributed by atoms with Crippen LogP contribution in [0.2, 0.25) is 0 Å². The average molecular weight is 322 g/mol. The molecule has 2 heterocycles. The van der Waals surface area contributed by atoms with Crippen LogP contribution < -0.4 is 4.74 Å². The van der Waals surface area contributed by atoms with Gasteiger partial charge in [0.05, 0.1) is 23.0 Å². The van der Waals surface area contributed by atoms with Gasteiger partial charge in [-0.3, -0.25) is 9.59 Å². The van der Waals surface area contributed by atoms with Crippen molar-refractivity contribution in [3.63, 3.8) is 0 Å². The zero-order valence-corrected chi connectivity index (χ0v) is 13.9. The van der Waals surface area contributed by atoms with Crippen LogP contribution in [-0.2, 0) is 11.8 Å². The third-order valence-corrected chi connectivity index (χ3v) is 4.51. The number of hydrogen-bond donors (Lipinski definition) is 0. The molecule has 1 aromatic heterocycles. The van der Waals surface area contributed by atoms with Gasteiger partial charge in [-0.15, -0.1) is 0 Å². The minimum atomic E-state index is -0.309. The minimum Gasteiger partial charge on any atom is -0.424 e. The summed E-state index contributed by atoms with van der Waals surface area (Å²) in [5.74, 6) is -0.160. The number of nitriles is 1. The van der Waals surface area contributed by atoms with Crippen molar-refractivity contribution in [1.29, 1.82) is 5.26 Å². The molecule has 122 valence electrons. The predicted molar refractivity (Wildman–Crippen MR) is 88.0 cm³/mol. The molecule has 24 heavy (non-hydrogen) atoms. The fraction of sp³-hybridized carbons (Fsp3) is 0.316. The Bertz CT molecular complexity index is 869. The van der Waals surface area contributed by atoms with Gasteiger partial charge in [0.25, 0.3) is 0 Å². The summed E-state index contributed by atoms with van der Waals surface area (Å²) in [7, 11) is 1.80. The van der Waals surface area contributed by atoms with Crippen molar-refractivity contribution in [2.24, 2.45) is 7.05 Å². The molecule has 1 unspecified atom stereocenters. The number of nitrogens with zero attached hydrogens (tertiary/aromatic N) is 2. The number of esters is 1. The lowest BCUT2D eigenvalue weighted by atomic mass is 10.0. The maximum absolute atomic E-state index is 12.9. The maximum atomic E-state index is 12.9. The Morgan fingerprint density at radius 1 is 1.33 bits per heavy atom. The van der Waals surface area contributed by atoms with Gasteiger partial charge in [-0.2, -0.15) is 5.26 Å². The predicted octanol–water partition coefficient (Wildman–Crippen LogP) is 3.24. The van der Waals surface area contributed by atoms with Gasteiger partial charge in [0.2, 0.25) is 5.78 Å². The summed E-state index contributed by atoms with van der Waals surface area (Å²) in [5.41, 5.74) is 3.02. The Labute approximate surface area is 140 Å². The summed E-state index contributed by atoms with van der Waals surface area (Å²) in [4.78, 5) is 25.0. The maximum Gasteiger partial charge on any atom is 0.320 e. The number of ketones is 1. The monoisotopic (exact) mass is 322 g/mol. The van der Waals surface area contributed by atoms with Crippen LogP contribution in [0.25, 0.3) is 0 Å². The molecular weight excluding hydrogens is 304 g/mol. The first-order valence-corrected chi connectivity index (χ1v) is 7.95. The molecule has 0 aliphatic carbocycles. The molecule has 0 amide bonds. The standard InChI is InChI=1S/C19H18N2O3/c1-4-5-14-16-18(24-19(14)23)11(2)15(21(16)3)17(22)13-8-6-12(10-20)7-9-13/h6-9,14H,4-5H2,1-3H3. The van der Waals surface area contributed by atoms with E-state index in [2.05, 4.69) is 0 Å². The molecule has 0 bridgehead atoms. The highest BCUT2D eigenvalue weighted by molar-refractivity contribution is 6.10. The molecule has 0 fully saturated rings. The normalized spacial score (nSPS) is 15.8. The largest absolute Gasteiger partial charge is 0.424 e. The van der Waals surface area contributed by atoms with E-state index in [9.17, 15) is 9.59 Å². The fourth-order valence-electron chi connectivity index (χ4n) is 3.33. The Morgan fingerprint density at radius 2 is 2.00 bits per heavy atom. The van der Waals surface area contributed by atoms with Crippen molar-refractivity contribution in [3.8, 4) is 11.8 Å². The van der Waals surface area contributed by atoms with E-state index in [1.807, 2.05) is 13.0 Å². The van der Waals surface area contributed by atoms with Gasteiger partial charge in [0, 0.05) is 18.2 Å². The van der Waals surface area contributed by atoms with Gasteiger partial charge in [0.1, 0.15) is 5.92 Å². The minimum absolute atomic E-state index is 0.139. The molecule has 0 spiro atoms. The molecular formula is C19H18N2O3. The molecule has 2 aromatic rings. The number of aromatic nitrogens is 1. The van der Waals surface area contributed by atoms with E-state index >= 15 is 0 Å². The molecule has 1 aliphatic heterocycles. The summed E-state index contributed by atoms with van der Waals surface area (Å²) in [6, 6.07) is 8.58. The highest BCUT2D eigenvalue weighted by Gasteiger charge is 2.39. The van der Waals surface area contributed by atoms with E-state index in [-0.39, 0.29) is 17.7 Å². The number of hydrogen-bond acceptors (Lipinski definition) is 4. The molecule has 5 heteroatoms. The average Bonchev–Trinajstić information content (AvgIpc) is 3.03. The number of ether oxygens (including phenoxy) is 1. The number of fused-ring (bicyclic) bond motifs is 1. The first-order valence-electron chi connectivity index (χ1n) is 7.95. The second-order valence-electron chi connectivity index (χ2n) is 6.03. The fourth-order valence-corrected chi connectivity index (χ4v) is 3.33. The highest BCUT2D eigenvalue weighted by atomic mass is 16.5. The topological polar surface area (TPSA) is 72.1 Å². The third-order valence-electron chi connectivity index (χ3n) is 4.51. The van der Waals surface area contributed by atoms with Crippen molar-refractivity contribution < 1.29 is 14.3 Å². The van der Waals surface area contributed by atoms with Gasteiger partial charge in [-0.05, 0) is 37.6 Å². The zero-order chi connectivity index (χ0) is 17.4. The molecule has 0 radical (unpaired) electrons. The van der Waals surface area contributed by atoms with Crippen molar-refractivity contribution in [2.75, 3.05) is 0 Å². The third kappa shape index (κ3) is 2.31. The molecule has 0 saturated carbocycles. The smallest absolute Gasteiger partial charge is 0.320 e. The van der Waals surface area contributed by atoms with E-state index < -0.39 is 0 Å². The van der Waals surface area contributed by atoms with Gasteiger partial charge in [-0.1, -0.05) is 13.3 Å². The van der Waals surface area contributed by atoms with Gasteiger partial charge >= 0.3 is 5.97 Å². The van der Waals surface area contributed by atoms with Crippen LogP contribution in [0, 0.1) is 18.3 Å². The summed E-state index contributed by atoms with van der Waals surface area (Å²) in [6.07, 6.45) is 1.57. The van der Waals surface area contributed by atoms with Crippen LogP contribution in [0.15, 0.2) is 24.3 Å². The number of rotatable bonds is 4. The quantitative estimate of drug-likeness (QED) is 0.640. The first-order chi connectivity index (χ1) is 11.5. The summed E-state index contributed by atoms with van der Waals surface area (Å²) in [5, 5.41) is 8.87.